The fourth-order valence-electron chi connectivity index (χ4n) is 1.20. The molecule has 0 spiro atoms. The molecule has 0 saturated carbocycles. The Morgan fingerprint density at radius 3 is 2.67 bits per heavy atom. The number of benzene rings is 1. The van der Waals surface area contributed by atoms with Gasteiger partial charge < -0.3 is 11.1 Å². The number of halogens is 2. The van der Waals surface area contributed by atoms with E-state index in [0.717, 1.165) is 18.2 Å². The highest BCUT2D eigenvalue weighted by molar-refractivity contribution is 5.94. The second kappa shape index (κ2) is 7.57. The fraction of sp³-hybridized carbons (Fsp3) is 0.300. The number of carbonyl (C=O) groups is 1. The minimum absolute atomic E-state index is 0. The molecule has 0 aliphatic rings. The van der Waals surface area contributed by atoms with Crippen molar-refractivity contribution >= 4 is 24.0 Å². The zero-order valence-corrected chi connectivity index (χ0v) is 10.2. The lowest BCUT2D eigenvalue weighted by Gasteiger charge is -2.04. The van der Waals surface area contributed by atoms with Crippen molar-refractivity contribution in [3.63, 3.8) is 0 Å². The first-order chi connectivity index (χ1) is 8.06. The molecule has 3 N–H and O–H groups in total. The molecule has 0 aliphatic heterocycles. The van der Waals surface area contributed by atoms with Crippen molar-refractivity contribution in [2.75, 3.05) is 13.1 Å². The van der Waals surface area contributed by atoms with Crippen molar-refractivity contribution < 1.29 is 14.1 Å². The van der Waals surface area contributed by atoms with Crippen LogP contribution in [0.4, 0.5) is 10.1 Å². The topological polar surface area (TPSA) is 98.3 Å². The van der Waals surface area contributed by atoms with Crippen LogP contribution in [0.25, 0.3) is 0 Å². The molecule has 0 fully saturated rings. The zero-order valence-electron chi connectivity index (χ0n) is 9.39. The average Bonchev–Trinajstić information content (AvgIpc) is 2.28. The molecule has 1 aromatic carbocycles. The van der Waals surface area contributed by atoms with Crippen LogP contribution < -0.4 is 11.1 Å². The number of nitro benzene ring substituents is 1. The van der Waals surface area contributed by atoms with Gasteiger partial charge in [-0.05, 0) is 19.0 Å². The number of nitrogens with zero attached hydrogens (tertiary/aromatic N) is 1. The van der Waals surface area contributed by atoms with Crippen molar-refractivity contribution in [2.24, 2.45) is 5.73 Å². The van der Waals surface area contributed by atoms with Crippen molar-refractivity contribution in [3.8, 4) is 0 Å². The molecule has 0 saturated heterocycles. The Morgan fingerprint density at radius 2 is 2.17 bits per heavy atom. The van der Waals surface area contributed by atoms with Gasteiger partial charge in [-0.25, -0.2) is 4.39 Å². The lowest BCUT2D eigenvalue weighted by Crippen LogP contribution is -2.26. The van der Waals surface area contributed by atoms with Crippen molar-refractivity contribution in [2.45, 2.75) is 6.42 Å². The van der Waals surface area contributed by atoms with Crippen LogP contribution in [-0.4, -0.2) is 23.9 Å². The molecule has 0 bridgehead atoms. The van der Waals surface area contributed by atoms with Crippen molar-refractivity contribution in [3.05, 3.63) is 39.7 Å². The van der Waals surface area contributed by atoms with E-state index in [1.807, 2.05) is 0 Å². The summed E-state index contributed by atoms with van der Waals surface area (Å²) >= 11 is 0. The SMILES string of the molecule is Cl.NCCCNC(=O)c1ccc([N+](=O)[O-])cc1F. The third-order valence-electron chi connectivity index (χ3n) is 2.07. The Balaban J connectivity index is 0.00000289. The summed E-state index contributed by atoms with van der Waals surface area (Å²) in [5.74, 6) is -1.52. The molecule has 0 aromatic heterocycles. The van der Waals surface area contributed by atoms with E-state index in [0.29, 0.717) is 19.5 Å². The second-order valence-electron chi connectivity index (χ2n) is 3.32. The molecule has 18 heavy (non-hydrogen) atoms. The van der Waals surface area contributed by atoms with E-state index in [4.69, 9.17) is 5.73 Å². The molecule has 0 atom stereocenters. The lowest BCUT2D eigenvalue weighted by molar-refractivity contribution is -0.385. The van der Waals surface area contributed by atoms with Gasteiger partial charge >= 0.3 is 0 Å². The summed E-state index contributed by atoms with van der Waals surface area (Å²) in [6.07, 6.45) is 0.584. The third kappa shape index (κ3) is 4.27. The van der Waals surface area contributed by atoms with Gasteiger partial charge in [0.1, 0.15) is 5.82 Å². The summed E-state index contributed by atoms with van der Waals surface area (Å²) in [6.45, 7) is 0.759. The maximum absolute atomic E-state index is 13.4. The van der Waals surface area contributed by atoms with Crippen LogP contribution >= 0.6 is 12.4 Å². The molecule has 0 unspecified atom stereocenters. The smallest absolute Gasteiger partial charge is 0.272 e. The molecule has 6 nitrogen and oxygen atoms in total. The van der Waals surface area contributed by atoms with Gasteiger partial charge in [-0.1, -0.05) is 0 Å². The molecule has 1 rings (SSSR count). The van der Waals surface area contributed by atoms with E-state index in [9.17, 15) is 19.3 Å². The zero-order chi connectivity index (χ0) is 12.8. The van der Waals surface area contributed by atoms with Gasteiger partial charge in [-0.15, -0.1) is 12.4 Å². The maximum Gasteiger partial charge on any atom is 0.272 e. The number of rotatable bonds is 5. The number of carbonyl (C=O) groups excluding carboxylic acids is 1. The summed E-state index contributed by atoms with van der Waals surface area (Å²) in [7, 11) is 0. The number of hydrogen-bond acceptors (Lipinski definition) is 4. The highest BCUT2D eigenvalue weighted by Gasteiger charge is 2.15. The number of nitrogens with one attached hydrogen (secondary N) is 1. The predicted octanol–water partition coefficient (Wildman–Crippen LogP) is 1.23. The van der Waals surface area contributed by atoms with Gasteiger partial charge in [-0.2, -0.15) is 0 Å². The molecule has 100 valence electrons. The Hall–Kier alpha value is -1.73. The van der Waals surface area contributed by atoms with E-state index in [1.54, 1.807) is 0 Å². The van der Waals surface area contributed by atoms with Gasteiger partial charge in [-0.3, -0.25) is 14.9 Å². The van der Waals surface area contributed by atoms with Crippen LogP contribution in [0.15, 0.2) is 18.2 Å². The van der Waals surface area contributed by atoms with E-state index in [-0.39, 0.29) is 23.7 Å². The quantitative estimate of drug-likeness (QED) is 0.480. The normalized spacial score (nSPS) is 9.44. The minimum Gasteiger partial charge on any atom is -0.352 e. The van der Waals surface area contributed by atoms with Crippen molar-refractivity contribution in [1.29, 1.82) is 0 Å². The van der Waals surface area contributed by atoms with E-state index >= 15 is 0 Å². The molecule has 1 amide bonds. The van der Waals surface area contributed by atoms with Crippen LogP contribution in [0.5, 0.6) is 0 Å². The highest BCUT2D eigenvalue weighted by Crippen LogP contribution is 2.16. The second-order valence-corrected chi connectivity index (χ2v) is 3.32. The largest absolute Gasteiger partial charge is 0.352 e. The van der Waals surface area contributed by atoms with Gasteiger partial charge in [0.2, 0.25) is 0 Å². The van der Waals surface area contributed by atoms with Crippen LogP contribution in [0.2, 0.25) is 0 Å². The first-order valence-electron chi connectivity index (χ1n) is 4.98. The third-order valence-corrected chi connectivity index (χ3v) is 2.07. The predicted molar refractivity (Wildman–Crippen MR) is 66.3 cm³/mol. The van der Waals surface area contributed by atoms with Crippen LogP contribution in [0.3, 0.4) is 0 Å². The summed E-state index contributed by atoms with van der Waals surface area (Å²) in [5.41, 5.74) is 4.63. The summed E-state index contributed by atoms with van der Waals surface area (Å²) in [4.78, 5) is 21.1. The van der Waals surface area contributed by atoms with Crippen molar-refractivity contribution in [1.82, 2.24) is 5.32 Å². The Morgan fingerprint density at radius 1 is 1.50 bits per heavy atom. The number of non-ortho nitro benzene ring substituents is 1. The Labute approximate surface area is 109 Å². The summed E-state index contributed by atoms with van der Waals surface area (Å²) < 4.78 is 13.4. The van der Waals surface area contributed by atoms with Crippen LogP contribution in [-0.2, 0) is 0 Å². The van der Waals surface area contributed by atoms with Gasteiger partial charge in [0, 0.05) is 12.6 Å². The van der Waals surface area contributed by atoms with E-state index < -0.39 is 16.6 Å². The number of amides is 1. The first kappa shape index (κ1) is 16.3. The molecule has 0 aliphatic carbocycles. The average molecular weight is 278 g/mol. The van der Waals surface area contributed by atoms with E-state index in [1.165, 1.54) is 0 Å². The molecule has 0 heterocycles. The fourth-order valence-corrected chi connectivity index (χ4v) is 1.20. The highest BCUT2D eigenvalue weighted by atomic mass is 35.5. The van der Waals surface area contributed by atoms with Crippen LogP contribution in [0.1, 0.15) is 16.8 Å². The molecule has 8 heteroatoms. The van der Waals surface area contributed by atoms with Gasteiger partial charge in [0.15, 0.2) is 0 Å². The monoisotopic (exact) mass is 277 g/mol. The van der Waals surface area contributed by atoms with Gasteiger partial charge in [0.05, 0.1) is 16.6 Å². The Kier molecular flexibility index (Phi) is 6.84. The number of nitrogens with two attached hydrogens (primary N) is 1. The summed E-state index contributed by atoms with van der Waals surface area (Å²) in [6, 6.07) is 2.89. The lowest BCUT2D eigenvalue weighted by atomic mass is 10.2. The van der Waals surface area contributed by atoms with Crippen LogP contribution in [0, 0.1) is 15.9 Å². The Bertz CT molecular complexity index is 442. The number of nitro groups is 1. The summed E-state index contributed by atoms with van der Waals surface area (Å²) in [5, 5.41) is 12.8. The number of hydrogen-bond donors (Lipinski definition) is 2. The first-order valence-corrected chi connectivity index (χ1v) is 4.98. The molecule has 1 aromatic rings. The van der Waals surface area contributed by atoms with E-state index in [2.05, 4.69) is 5.32 Å². The molecular formula is C10H13ClFN3O3. The molecule has 0 radical (unpaired) electrons. The van der Waals surface area contributed by atoms with Gasteiger partial charge in [0.25, 0.3) is 11.6 Å². The molecular weight excluding hydrogens is 265 g/mol. The minimum atomic E-state index is -0.913. The maximum atomic E-state index is 13.4. The standard InChI is InChI=1S/C10H12FN3O3.ClH/c11-9-6-7(14(16)17)2-3-8(9)10(15)13-5-1-4-12;/h2-3,6H,1,4-5,12H2,(H,13,15);1H.